The molecule has 0 aromatic carbocycles. The van der Waals surface area contributed by atoms with Gasteiger partial charge in [0.15, 0.2) is 5.69 Å². The quantitative estimate of drug-likeness (QED) is 0.527. The number of nitrogens with zero attached hydrogens (tertiary/aromatic N) is 4. The number of hydrogen-bond acceptors (Lipinski definition) is 5. The topological polar surface area (TPSA) is 81.8 Å². The monoisotopic (exact) mass is 517 g/mol. The number of fused-ring (bicyclic) bond motifs is 1. The van der Waals surface area contributed by atoms with Crippen LogP contribution < -0.4 is 11.0 Å². The highest BCUT2D eigenvalue weighted by Gasteiger charge is 2.41. The molecule has 3 heterocycles. The maximum Gasteiger partial charge on any atom is 0.436 e. The van der Waals surface area contributed by atoms with Crippen molar-refractivity contribution in [1.82, 2.24) is 19.4 Å². The van der Waals surface area contributed by atoms with E-state index in [9.17, 15) is 22.8 Å². The fourth-order valence-corrected chi connectivity index (χ4v) is 5.21. The van der Waals surface area contributed by atoms with E-state index in [-0.39, 0.29) is 28.9 Å². The molecule has 1 N–H and O–H groups in total. The van der Waals surface area contributed by atoms with E-state index in [1.54, 1.807) is 13.0 Å². The van der Waals surface area contributed by atoms with Crippen LogP contribution in [-0.4, -0.2) is 25.3 Å². The smallest absolute Gasteiger partial charge is 0.273 e. The predicted molar refractivity (Wildman–Crippen MR) is 114 cm³/mol. The van der Waals surface area contributed by atoms with Crippen molar-refractivity contribution in [3.63, 3.8) is 0 Å². The van der Waals surface area contributed by atoms with Gasteiger partial charge in [-0.15, -0.1) is 11.3 Å². The summed E-state index contributed by atoms with van der Waals surface area (Å²) >= 11 is 4.46. The predicted octanol–water partition coefficient (Wildman–Crippen LogP) is 4.34. The molecule has 0 bridgehead atoms. The van der Waals surface area contributed by atoms with Gasteiger partial charge < -0.3 is 0 Å². The van der Waals surface area contributed by atoms with Crippen LogP contribution >= 0.6 is 27.3 Å². The molecule has 7 nitrogen and oxygen atoms in total. The van der Waals surface area contributed by atoms with E-state index in [2.05, 4.69) is 31.4 Å². The standard InChI is InChI=1S/C19H19BrF3N5O2S/c1-3-11-8-12-17(31-11)24-9(2)28(18(12)30)25-13(29)6-7-27-15(10-4-5-10)14(20)16(26-27)19(21,22)23/h8,10H,3-7H2,1-2H3,(H,25,29). The molecule has 3 aromatic heterocycles. The lowest BCUT2D eigenvalue weighted by molar-refractivity contribution is -0.142. The van der Waals surface area contributed by atoms with E-state index in [1.165, 1.54) is 16.0 Å². The molecule has 1 saturated carbocycles. The van der Waals surface area contributed by atoms with Gasteiger partial charge in [-0.05, 0) is 48.2 Å². The van der Waals surface area contributed by atoms with Gasteiger partial charge in [0.25, 0.3) is 5.56 Å². The molecule has 0 aliphatic heterocycles. The van der Waals surface area contributed by atoms with Crippen LogP contribution in [0.25, 0.3) is 10.2 Å². The third-order valence-corrected chi connectivity index (χ3v) is 7.04. The summed E-state index contributed by atoms with van der Waals surface area (Å²) in [6.07, 6.45) is -2.38. The Hall–Kier alpha value is -2.21. The number of amides is 1. The molecule has 166 valence electrons. The maximum atomic E-state index is 13.2. The second-order valence-corrected chi connectivity index (χ2v) is 9.32. The molecule has 1 amide bonds. The normalized spacial score (nSPS) is 14.4. The third kappa shape index (κ3) is 4.27. The molecule has 0 spiro atoms. The van der Waals surface area contributed by atoms with Crippen LogP contribution in [-0.2, 0) is 23.9 Å². The molecule has 12 heteroatoms. The Balaban J connectivity index is 1.54. The van der Waals surface area contributed by atoms with Crippen LogP contribution in [0.3, 0.4) is 0 Å². The van der Waals surface area contributed by atoms with E-state index in [1.807, 2.05) is 6.92 Å². The molecule has 0 saturated heterocycles. The summed E-state index contributed by atoms with van der Waals surface area (Å²) < 4.78 is 41.9. The van der Waals surface area contributed by atoms with E-state index in [0.29, 0.717) is 21.7 Å². The number of rotatable bonds is 6. The number of hydrogen-bond donors (Lipinski definition) is 1. The lowest BCUT2D eigenvalue weighted by Gasteiger charge is -2.12. The number of alkyl halides is 3. The van der Waals surface area contributed by atoms with Crippen LogP contribution in [0.15, 0.2) is 15.3 Å². The summed E-state index contributed by atoms with van der Waals surface area (Å²) in [7, 11) is 0. The van der Waals surface area contributed by atoms with Gasteiger partial charge in [-0.2, -0.15) is 18.3 Å². The number of aryl methyl sites for hydroxylation is 3. The first kappa shape index (κ1) is 22.0. The molecule has 1 fully saturated rings. The minimum absolute atomic E-state index is 0.00357. The van der Waals surface area contributed by atoms with Gasteiger partial charge in [-0.1, -0.05) is 6.92 Å². The van der Waals surface area contributed by atoms with Crippen LogP contribution in [0.1, 0.15) is 54.2 Å². The Bertz CT molecular complexity index is 1230. The maximum absolute atomic E-state index is 13.2. The van der Waals surface area contributed by atoms with Crippen molar-refractivity contribution in [1.29, 1.82) is 0 Å². The van der Waals surface area contributed by atoms with Crippen molar-refractivity contribution < 1.29 is 18.0 Å². The Morgan fingerprint density at radius 1 is 1.39 bits per heavy atom. The molecule has 4 rings (SSSR count). The highest BCUT2D eigenvalue weighted by Crippen LogP contribution is 2.47. The molecular weight excluding hydrogens is 499 g/mol. The molecule has 1 aliphatic carbocycles. The summed E-state index contributed by atoms with van der Waals surface area (Å²) in [4.78, 5) is 31.3. The van der Waals surface area contributed by atoms with Gasteiger partial charge in [0, 0.05) is 17.2 Å². The third-order valence-electron chi connectivity index (χ3n) is 5.08. The highest BCUT2D eigenvalue weighted by molar-refractivity contribution is 9.10. The summed E-state index contributed by atoms with van der Waals surface area (Å²) in [6, 6.07) is 1.76. The summed E-state index contributed by atoms with van der Waals surface area (Å²) in [6.45, 7) is 3.55. The zero-order valence-electron chi connectivity index (χ0n) is 16.7. The second kappa shape index (κ2) is 8.05. The Labute approximate surface area is 187 Å². The summed E-state index contributed by atoms with van der Waals surface area (Å²) in [5.74, 6) is -0.182. The van der Waals surface area contributed by atoms with Gasteiger partial charge in [0.2, 0.25) is 5.91 Å². The van der Waals surface area contributed by atoms with Gasteiger partial charge in [0.1, 0.15) is 10.7 Å². The van der Waals surface area contributed by atoms with Gasteiger partial charge >= 0.3 is 6.18 Å². The molecule has 3 aromatic rings. The lowest BCUT2D eigenvalue weighted by atomic mass is 10.2. The minimum atomic E-state index is -4.58. The van der Waals surface area contributed by atoms with E-state index >= 15 is 0 Å². The van der Waals surface area contributed by atoms with E-state index < -0.39 is 17.8 Å². The van der Waals surface area contributed by atoms with Crippen molar-refractivity contribution in [2.45, 2.75) is 58.2 Å². The fourth-order valence-electron chi connectivity index (χ4n) is 3.38. The lowest BCUT2D eigenvalue weighted by Crippen LogP contribution is -2.35. The van der Waals surface area contributed by atoms with E-state index in [0.717, 1.165) is 28.8 Å². The number of thiophene rings is 1. The van der Waals surface area contributed by atoms with Crippen molar-refractivity contribution in [2.24, 2.45) is 0 Å². The van der Waals surface area contributed by atoms with Crippen LogP contribution in [0, 0.1) is 6.92 Å². The first-order chi connectivity index (χ1) is 14.6. The van der Waals surface area contributed by atoms with E-state index in [4.69, 9.17) is 0 Å². The Morgan fingerprint density at radius 3 is 2.71 bits per heavy atom. The molecule has 0 atom stereocenters. The highest BCUT2D eigenvalue weighted by atomic mass is 79.9. The first-order valence-corrected chi connectivity index (χ1v) is 11.4. The molecular formula is C19H19BrF3N5O2S. The summed E-state index contributed by atoms with van der Waals surface area (Å²) in [5.41, 5.74) is 1.61. The van der Waals surface area contributed by atoms with Crippen LogP contribution in [0.4, 0.5) is 13.2 Å². The number of nitrogens with one attached hydrogen (secondary N) is 1. The molecule has 0 radical (unpaired) electrons. The molecule has 1 aliphatic rings. The first-order valence-electron chi connectivity index (χ1n) is 9.75. The zero-order chi connectivity index (χ0) is 22.5. The fraction of sp³-hybridized carbons (Fsp3) is 0.474. The van der Waals surface area contributed by atoms with Gasteiger partial charge in [-0.25, -0.2) is 9.66 Å². The minimum Gasteiger partial charge on any atom is -0.273 e. The number of carbonyl (C=O) groups is 1. The number of aromatic nitrogens is 4. The SMILES string of the molecule is CCc1cc2c(=O)n(NC(=O)CCn3nc(C(F)(F)F)c(Br)c3C3CC3)c(C)nc2s1. The average Bonchev–Trinajstić information content (AvgIpc) is 3.34. The molecule has 0 unspecified atom stereocenters. The summed E-state index contributed by atoms with van der Waals surface area (Å²) in [5, 5.41) is 4.12. The largest absolute Gasteiger partial charge is 0.436 e. The number of halogens is 4. The van der Waals surface area contributed by atoms with Crippen molar-refractivity contribution in [3.8, 4) is 0 Å². The van der Waals surface area contributed by atoms with Crippen LogP contribution in [0.2, 0.25) is 0 Å². The van der Waals surface area contributed by atoms with Crippen molar-refractivity contribution in [2.75, 3.05) is 5.43 Å². The second-order valence-electron chi connectivity index (χ2n) is 7.41. The van der Waals surface area contributed by atoms with Crippen molar-refractivity contribution in [3.05, 3.63) is 43.0 Å². The molecule has 31 heavy (non-hydrogen) atoms. The van der Waals surface area contributed by atoms with Gasteiger partial charge in [-0.3, -0.25) is 19.7 Å². The number of carbonyl (C=O) groups excluding carboxylic acids is 1. The Kier molecular flexibility index (Phi) is 5.71. The average molecular weight is 518 g/mol. The zero-order valence-corrected chi connectivity index (χ0v) is 19.1. The van der Waals surface area contributed by atoms with Crippen molar-refractivity contribution >= 4 is 43.4 Å². The van der Waals surface area contributed by atoms with Crippen LogP contribution in [0.5, 0.6) is 0 Å². The van der Waals surface area contributed by atoms with Gasteiger partial charge in [0.05, 0.1) is 22.1 Å². The Morgan fingerprint density at radius 2 is 2.10 bits per heavy atom.